The average molecular weight is 318 g/mol. The van der Waals surface area contributed by atoms with Gasteiger partial charge in [0.25, 0.3) is 0 Å². The molecule has 3 fully saturated rings. The molecule has 0 aromatic carbocycles. The molecule has 1 saturated carbocycles. The highest BCUT2D eigenvalue weighted by Crippen LogP contribution is 2.33. The van der Waals surface area contributed by atoms with Gasteiger partial charge in [-0.1, -0.05) is 0 Å². The molecule has 3 heterocycles. The highest BCUT2D eigenvalue weighted by Gasteiger charge is 2.34. The number of hydrogen-bond acceptors (Lipinski definition) is 4. The molecule has 1 amide bonds. The van der Waals surface area contributed by atoms with Crippen LogP contribution in [0.25, 0.3) is 0 Å². The van der Waals surface area contributed by atoms with Crippen molar-refractivity contribution in [2.45, 2.75) is 56.7 Å². The fraction of sp³-hybridized carbons (Fsp3) is 0.765. The molecular formula is C17H26N4O2. The van der Waals surface area contributed by atoms with Crippen LogP contribution in [0.15, 0.2) is 12.4 Å². The molecule has 2 saturated heterocycles. The van der Waals surface area contributed by atoms with Crippen LogP contribution in [0.1, 0.15) is 43.8 Å². The number of amides is 1. The number of imidazole rings is 1. The van der Waals surface area contributed by atoms with Gasteiger partial charge in [-0.25, -0.2) is 4.98 Å². The van der Waals surface area contributed by atoms with Gasteiger partial charge in [-0.2, -0.15) is 0 Å². The first-order valence-corrected chi connectivity index (χ1v) is 8.92. The molecule has 0 radical (unpaired) electrons. The minimum Gasteiger partial charge on any atom is -0.392 e. The fourth-order valence-corrected chi connectivity index (χ4v) is 3.90. The minimum absolute atomic E-state index is 0.154. The number of aliphatic hydroxyl groups excluding tert-OH is 1. The zero-order valence-corrected chi connectivity index (χ0v) is 13.5. The van der Waals surface area contributed by atoms with Crippen LogP contribution in [0.5, 0.6) is 0 Å². The lowest BCUT2D eigenvalue weighted by molar-refractivity contribution is -0.134. The smallest absolute Gasteiger partial charge is 0.239 e. The number of aromatic nitrogens is 2. The summed E-state index contributed by atoms with van der Waals surface area (Å²) in [7, 11) is 0. The lowest BCUT2D eigenvalue weighted by Crippen LogP contribution is -2.46. The fourth-order valence-electron chi connectivity index (χ4n) is 3.90. The van der Waals surface area contributed by atoms with Crippen molar-refractivity contribution >= 4 is 5.91 Å². The molecule has 0 unspecified atom stereocenters. The Morgan fingerprint density at radius 3 is 2.74 bits per heavy atom. The monoisotopic (exact) mass is 318 g/mol. The highest BCUT2D eigenvalue weighted by molar-refractivity contribution is 5.82. The van der Waals surface area contributed by atoms with E-state index in [1.54, 1.807) is 0 Å². The molecule has 126 valence electrons. The molecule has 2 atom stereocenters. The van der Waals surface area contributed by atoms with Gasteiger partial charge in [-0.05, 0) is 38.0 Å². The number of carbonyl (C=O) groups is 1. The molecule has 0 spiro atoms. The van der Waals surface area contributed by atoms with E-state index in [0.717, 1.165) is 38.4 Å². The zero-order chi connectivity index (χ0) is 15.8. The summed E-state index contributed by atoms with van der Waals surface area (Å²) >= 11 is 0. The first kappa shape index (κ1) is 15.1. The largest absolute Gasteiger partial charge is 0.392 e. The predicted octanol–water partition coefficient (Wildman–Crippen LogP) is 0.722. The quantitative estimate of drug-likeness (QED) is 0.858. The second-order valence-corrected chi connectivity index (χ2v) is 7.33. The molecule has 1 aromatic rings. The van der Waals surface area contributed by atoms with E-state index in [0.29, 0.717) is 18.9 Å². The van der Waals surface area contributed by atoms with Crippen molar-refractivity contribution in [3.05, 3.63) is 18.2 Å². The van der Waals surface area contributed by atoms with E-state index >= 15 is 0 Å². The number of aliphatic hydroxyl groups is 1. The number of nitrogens with zero attached hydrogens (tertiary/aromatic N) is 3. The van der Waals surface area contributed by atoms with Gasteiger partial charge in [0.1, 0.15) is 5.82 Å². The van der Waals surface area contributed by atoms with E-state index in [1.807, 2.05) is 11.1 Å². The van der Waals surface area contributed by atoms with Crippen LogP contribution >= 0.6 is 0 Å². The Morgan fingerprint density at radius 1 is 1.30 bits per heavy atom. The number of nitrogens with one attached hydrogen (secondary N) is 1. The standard InChI is InChI=1S/C17H26N4O2/c22-14-9-15(19-10-14)17(23)20-6-3-13(4-7-20)16-18-5-8-21(16)11-12-1-2-12/h5,8,12-15,19,22H,1-4,6-7,9-11H2/t14-,15+/m1/s1. The third-order valence-electron chi connectivity index (χ3n) is 5.48. The Balaban J connectivity index is 1.34. The molecule has 2 aliphatic heterocycles. The predicted molar refractivity (Wildman–Crippen MR) is 85.9 cm³/mol. The molecule has 1 aromatic heterocycles. The summed E-state index contributed by atoms with van der Waals surface area (Å²) in [4.78, 5) is 19.0. The normalized spacial score (nSPS) is 29.2. The lowest BCUT2D eigenvalue weighted by Gasteiger charge is -2.33. The zero-order valence-electron chi connectivity index (χ0n) is 13.5. The van der Waals surface area contributed by atoms with Gasteiger partial charge in [0, 0.05) is 44.5 Å². The third kappa shape index (κ3) is 3.28. The van der Waals surface area contributed by atoms with Crippen LogP contribution in [-0.2, 0) is 11.3 Å². The van der Waals surface area contributed by atoms with E-state index < -0.39 is 0 Å². The van der Waals surface area contributed by atoms with Crippen LogP contribution in [0.2, 0.25) is 0 Å². The Kier molecular flexibility index (Phi) is 4.11. The van der Waals surface area contributed by atoms with Crippen LogP contribution < -0.4 is 5.32 Å². The maximum atomic E-state index is 12.5. The van der Waals surface area contributed by atoms with Gasteiger partial charge in [-0.15, -0.1) is 0 Å². The lowest BCUT2D eigenvalue weighted by atomic mass is 9.95. The van der Waals surface area contributed by atoms with Crippen molar-refractivity contribution < 1.29 is 9.90 Å². The van der Waals surface area contributed by atoms with Crippen LogP contribution in [0.3, 0.4) is 0 Å². The van der Waals surface area contributed by atoms with Crippen molar-refractivity contribution in [3.8, 4) is 0 Å². The Hall–Kier alpha value is -1.40. The van der Waals surface area contributed by atoms with Crippen molar-refractivity contribution in [2.24, 2.45) is 5.92 Å². The number of piperidine rings is 1. The first-order valence-electron chi connectivity index (χ1n) is 8.92. The molecule has 2 N–H and O–H groups in total. The number of hydrogen-bond donors (Lipinski definition) is 2. The van der Waals surface area contributed by atoms with Crippen LogP contribution in [0, 0.1) is 5.92 Å². The van der Waals surface area contributed by atoms with E-state index in [-0.39, 0.29) is 18.1 Å². The van der Waals surface area contributed by atoms with Crippen molar-refractivity contribution in [2.75, 3.05) is 19.6 Å². The van der Waals surface area contributed by atoms with Gasteiger partial charge < -0.3 is 19.9 Å². The van der Waals surface area contributed by atoms with Gasteiger partial charge in [0.05, 0.1) is 12.1 Å². The SMILES string of the molecule is O=C([C@@H]1C[C@@H](O)CN1)N1CCC(c2nccn2CC2CC2)CC1. The molecule has 6 heteroatoms. The van der Waals surface area contributed by atoms with Crippen molar-refractivity contribution in [3.63, 3.8) is 0 Å². The Morgan fingerprint density at radius 2 is 2.09 bits per heavy atom. The summed E-state index contributed by atoms with van der Waals surface area (Å²) in [6.07, 6.45) is 8.87. The van der Waals surface area contributed by atoms with Gasteiger partial charge >= 0.3 is 0 Å². The summed E-state index contributed by atoms with van der Waals surface area (Å²) in [5.41, 5.74) is 0. The molecule has 0 bridgehead atoms. The molecule has 1 aliphatic carbocycles. The number of rotatable bonds is 4. The Bertz CT molecular complexity index is 561. The highest BCUT2D eigenvalue weighted by atomic mass is 16.3. The first-order chi connectivity index (χ1) is 11.2. The maximum Gasteiger partial charge on any atom is 0.239 e. The number of carbonyl (C=O) groups excluding carboxylic acids is 1. The van der Waals surface area contributed by atoms with Gasteiger partial charge in [0.2, 0.25) is 5.91 Å². The van der Waals surface area contributed by atoms with Crippen LogP contribution in [0.4, 0.5) is 0 Å². The maximum absolute atomic E-state index is 12.5. The topological polar surface area (TPSA) is 70.4 Å². The van der Waals surface area contributed by atoms with E-state index in [2.05, 4.69) is 21.1 Å². The van der Waals surface area contributed by atoms with Gasteiger partial charge in [0.15, 0.2) is 0 Å². The molecule has 6 nitrogen and oxygen atoms in total. The summed E-state index contributed by atoms with van der Waals surface area (Å²) in [6, 6.07) is -0.196. The molecule has 23 heavy (non-hydrogen) atoms. The average Bonchev–Trinajstić information content (AvgIpc) is 3.07. The summed E-state index contributed by atoms with van der Waals surface area (Å²) in [5, 5.41) is 12.7. The molecule has 4 rings (SSSR count). The minimum atomic E-state index is -0.378. The number of likely N-dealkylation sites (tertiary alicyclic amines) is 1. The summed E-state index contributed by atoms with van der Waals surface area (Å²) in [5.74, 6) is 2.68. The number of β-amino-alcohol motifs (C(OH)–C–C–N with tert-alkyl or cyclic N) is 1. The molecular weight excluding hydrogens is 292 g/mol. The molecule has 3 aliphatic rings. The summed E-state index contributed by atoms with van der Waals surface area (Å²) in [6.45, 7) is 3.24. The Labute approximate surface area is 136 Å². The van der Waals surface area contributed by atoms with E-state index in [4.69, 9.17) is 0 Å². The van der Waals surface area contributed by atoms with Crippen molar-refractivity contribution in [1.29, 1.82) is 0 Å². The summed E-state index contributed by atoms with van der Waals surface area (Å²) < 4.78 is 2.33. The van der Waals surface area contributed by atoms with Crippen molar-refractivity contribution in [1.82, 2.24) is 19.8 Å². The van der Waals surface area contributed by atoms with Crippen LogP contribution in [-0.4, -0.2) is 57.2 Å². The second-order valence-electron chi connectivity index (χ2n) is 7.33. The van der Waals surface area contributed by atoms with E-state index in [1.165, 1.54) is 18.7 Å². The van der Waals surface area contributed by atoms with Gasteiger partial charge in [-0.3, -0.25) is 4.79 Å². The third-order valence-corrected chi connectivity index (χ3v) is 5.48. The second kappa shape index (κ2) is 6.24. The van der Waals surface area contributed by atoms with E-state index in [9.17, 15) is 9.90 Å².